The molecule has 0 aliphatic heterocycles. The zero-order valence-electron chi connectivity index (χ0n) is 9.51. The Morgan fingerprint density at radius 1 is 1.31 bits per heavy atom. The summed E-state index contributed by atoms with van der Waals surface area (Å²) in [6.07, 6.45) is 6.43. The third-order valence-electron chi connectivity index (χ3n) is 4.28. The molecule has 0 radical (unpaired) electrons. The van der Waals surface area contributed by atoms with Gasteiger partial charge in [-0.3, -0.25) is 4.55 Å². The van der Waals surface area contributed by atoms with E-state index in [0.29, 0.717) is 18.8 Å². The molecule has 2 rings (SSSR count). The number of hydrogen-bond acceptors (Lipinski definition) is 3. The van der Waals surface area contributed by atoms with Crippen molar-refractivity contribution in [2.75, 3.05) is 5.75 Å². The van der Waals surface area contributed by atoms with Crippen molar-refractivity contribution in [3.8, 4) is 0 Å². The Kier molecular flexibility index (Phi) is 3.56. The Hall–Kier alpha value is -0.130. The molecule has 0 aromatic carbocycles. The molecule has 2 saturated carbocycles. The lowest BCUT2D eigenvalue weighted by molar-refractivity contribution is 0.271. The number of fused-ring (bicyclic) bond motifs is 2. The summed E-state index contributed by atoms with van der Waals surface area (Å²) in [5.41, 5.74) is 6.12. The SMILES string of the molecule is NC(CCCS(=O)(=O)O)C1CC2CCC1C2. The second kappa shape index (κ2) is 4.63. The van der Waals surface area contributed by atoms with Crippen LogP contribution in [0.15, 0.2) is 0 Å². The lowest BCUT2D eigenvalue weighted by atomic mass is 9.82. The maximum atomic E-state index is 10.6. The molecular weight excluding hydrogens is 226 g/mol. The van der Waals surface area contributed by atoms with E-state index in [4.69, 9.17) is 10.3 Å². The third-order valence-corrected chi connectivity index (χ3v) is 5.09. The molecule has 3 N–H and O–H groups in total. The maximum absolute atomic E-state index is 10.6. The fourth-order valence-corrected chi connectivity index (χ4v) is 4.07. The molecule has 4 nitrogen and oxygen atoms in total. The van der Waals surface area contributed by atoms with E-state index in [2.05, 4.69) is 0 Å². The highest BCUT2D eigenvalue weighted by Gasteiger charge is 2.41. The highest BCUT2D eigenvalue weighted by molar-refractivity contribution is 7.85. The van der Waals surface area contributed by atoms with E-state index in [1.54, 1.807) is 0 Å². The van der Waals surface area contributed by atoms with Gasteiger partial charge in [0.15, 0.2) is 0 Å². The van der Waals surface area contributed by atoms with Crippen molar-refractivity contribution < 1.29 is 13.0 Å². The van der Waals surface area contributed by atoms with Crippen LogP contribution in [0.25, 0.3) is 0 Å². The van der Waals surface area contributed by atoms with Gasteiger partial charge in [-0.15, -0.1) is 0 Å². The van der Waals surface area contributed by atoms with Crippen LogP contribution in [0.3, 0.4) is 0 Å². The summed E-state index contributed by atoms with van der Waals surface area (Å²) in [5, 5.41) is 0. The fraction of sp³-hybridized carbons (Fsp3) is 1.00. The number of nitrogens with two attached hydrogens (primary N) is 1. The normalized spacial score (nSPS) is 35.5. The van der Waals surface area contributed by atoms with E-state index in [1.807, 2.05) is 0 Å². The molecule has 4 atom stereocenters. The van der Waals surface area contributed by atoms with Gasteiger partial charge in [-0.05, 0) is 49.9 Å². The van der Waals surface area contributed by atoms with E-state index in [1.165, 1.54) is 25.7 Å². The zero-order valence-corrected chi connectivity index (χ0v) is 10.3. The first-order chi connectivity index (χ1) is 7.46. The standard InChI is InChI=1S/C11H21NO3S/c12-11(2-1-5-16(13,14)15)10-7-8-3-4-9(10)6-8/h8-11H,1-7,12H2,(H,13,14,15). The minimum Gasteiger partial charge on any atom is -0.327 e. The predicted octanol–water partition coefficient (Wildman–Crippen LogP) is 1.42. The summed E-state index contributed by atoms with van der Waals surface area (Å²) in [5.74, 6) is 2.11. The summed E-state index contributed by atoms with van der Waals surface area (Å²) in [6, 6.07) is 0.122. The fourth-order valence-electron chi connectivity index (χ4n) is 3.53. The monoisotopic (exact) mass is 247 g/mol. The van der Waals surface area contributed by atoms with Crippen LogP contribution in [-0.4, -0.2) is 24.8 Å². The van der Waals surface area contributed by atoms with Crippen LogP contribution in [0.2, 0.25) is 0 Å². The predicted molar refractivity (Wildman–Crippen MR) is 62.6 cm³/mol. The van der Waals surface area contributed by atoms with E-state index < -0.39 is 10.1 Å². The van der Waals surface area contributed by atoms with Gasteiger partial charge < -0.3 is 5.73 Å². The Balaban J connectivity index is 1.74. The van der Waals surface area contributed by atoms with Crippen LogP contribution in [0.4, 0.5) is 0 Å². The molecule has 0 heterocycles. The van der Waals surface area contributed by atoms with Crippen molar-refractivity contribution in [1.29, 1.82) is 0 Å². The van der Waals surface area contributed by atoms with Crippen LogP contribution in [0, 0.1) is 17.8 Å². The molecule has 2 bridgehead atoms. The third kappa shape index (κ3) is 2.96. The molecule has 94 valence electrons. The van der Waals surface area contributed by atoms with Gasteiger partial charge in [0.25, 0.3) is 10.1 Å². The first-order valence-corrected chi connectivity index (χ1v) is 7.77. The largest absolute Gasteiger partial charge is 0.327 e. The number of rotatable bonds is 5. The van der Waals surface area contributed by atoms with Gasteiger partial charge in [0.2, 0.25) is 0 Å². The lowest BCUT2D eigenvalue weighted by Gasteiger charge is -2.27. The molecule has 0 amide bonds. The average Bonchev–Trinajstić information content (AvgIpc) is 2.76. The minimum absolute atomic E-state index is 0.122. The molecule has 4 unspecified atom stereocenters. The highest BCUT2D eigenvalue weighted by Crippen LogP contribution is 2.49. The van der Waals surface area contributed by atoms with Crippen LogP contribution in [0.1, 0.15) is 38.5 Å². The molecular formula is C11H21NO3S. The Labute approximate surface area is 97.3 Å². The Bertz CT molecular complexity index is 341. The molecule has 2 aliphatic carbocycles. The summed E-state index contributed by atoms with van der Waals surface area (Å²) < 4.78 is 29.8. The van der Waals surface area contributed by atoms with Gasteiger partial charge in [0.1, 0.15) is 0 Å². The lowest BCUT2D eigenvalue weighted by Crippen LogP contribution is -2.33. The molecule has 0 aromatic heterocycles. The van der Waals surface area contributed by atoms with Crippen molar-refractivity contribution in [3.63, 3.8) is 0 Å². The van der Waals surface area contributed by atoms with Gasteiger partial charge in [-0.2, -0.15) is 8.42 Å². The quantitative estimate of drug-likeness (QED) is 0.720. The summed E-state index contributed by atoms with van der Waals surface area (Å²) >= 11 is 0. The van der Waals surface area contributed by atoms with E-state index in [0.717, 1.165) is 11.8 Å². The van der Waals surface area contributed by atoms with E-state index in [-0.39, 0.29) is 11.8 Å². The smallest absolute Gasteiger partial charge is 0.264 e. The molecule has 0 saturated heterocycles. The van der Waals surface area contributed by atoms with Crippen LogP contribution >= 0.6 is 0 Å². The summed E-state index contributed by atoms with van der Waals surface area (Å²) in [7, 11) is -3.81. The Morgan fingerprint density at radius 3 is 2.56 bits per heavy atom. The van der Waals surface area contributed by atoms with Gasteiger partial charge in [-0.25, -0.2) is 0 Å². The van der Waals surface area contributed by atoms with Crippen LogP contribution in [0.5, 0.6) is 0 Å². The summed E-state index contributed by atoms with van der Waals surface area (Å²) in [4.78, 5) is 0. The van der Waals surface area contributed by atoms with Crippen molar-refractivity contribution in [3.05, 3.63) is 0 Å². The van der Waals surface area contributed by atoms with Crippen LogP contribution < -0.4 is 5.73 Å². The van der Waals surface area contributed by atoms with Gasteiger partial charge in [-0.1, -0.05) is 6.42 Å². The first-order valence-electron chi connectivity index (χ1n) is 6.16. The molecule has 2 fully saturated rings. The maximum Gasteiger partial charge on any atom is 0.264 e. The topological polar surface area (TPSA) is 80.4 Å². The zero-order chi connectivity index (χ0) is 11.8. The Morgan fingerprint density at radius 2 is 2.06 bits per heavy atom. The highest BCUT2D eigenvalue weighted by atomic mass is 32.2. The minimum atomic E-state index is -3.81. The van der Waals surface area contributed by atoms with Crippen molar-refractivity contribution in [1.82, 2.24) is 0 Å². The van der Waals surface area contributed by atoms with Crippen LogP contribution in [-0.2, 0) is 10.1 Å². The second-order valence-corrected chi connectivity index (χ2v) is 7.00. The number of hydrogen-bond donors (Lipinski definition) is 2. The van der Waals surface area contributed by atoms with Crippen molar-refractivity contribution in [2.45, 2.75) is 44.6 Å². The van der Waals surface area contributed by atoms with Gasteiger partial charge in [0.05, 0.1) is 5.75 Å². The summed E-state index contributed by atoms with van der Waals surface area (Å²) in [6.45, 7) is 0. The molecule has 5 heteroatoms. The van der Waals surface area contributed by atoms with E-state index >= 15 is 0 Å². The molecule has 0 spiro atoms. The molecule has 2 aliphatic rings. The van der Waals surface area contributed by atoms with Gasteiger partial charge in [0, 0.05) is 6.04 Å². The first kappa shape index (κ1) is 12.3. The van der Waals surface area contributed by atoms with E-state index in [9.17, 15) is 8.42 Å². The van der Waals surface area contributed by atoms with Crippen molar-refractivity contribution >= 4 is 10.1 Å². The molecule has 0 aromatic rings. The molecule has 16 heavy (non-hydrogen) atoms. The van der Waals surface area contributed by atoms with Crippen molar-refractivity contribution in [2.24, 2.45) is 23.5 Å². The van der Waals surface area contributed by atoms with Gasteiger partial charge >= 0.3 is 0 Å². The average molecular weight is 247 g/mol. The second-order valence-electron chi connectivity index (χ2n) is 5.43.